The van der Waals surface area contributed by atoms with Crippen molar-refractivity contribution in [2.75, 3.05) is 29.0 Å². The Morgan fingerprint density at radius 3 is 2.67 bits per heavy atom. The molecule has 1 aliphatic rings. The first-order valence-corrected chi connectivity index (χ1v) is 12.1. The van der Waals surface area contributed by atoms with Crippen molar-refractivity contribution >= 4 is 62.8 Å². The molecule has 12 nitrogen and oxygen atoms in total. The van der Waals surface area contributed by atoms with Crippen LogP contribution in [0.3, 0.4) is 0 Å². The van der Waals surface area contributed by atoms with E-state index < -0.39 is 23.3 Å². The number of nitrogens with zero attached hydrogens (tertiary/aromatic N) is 2. The molecule has 0 aliphatic carbocycles. The van der Waals surface area contributed by atoms with Gasteiger partial charge in [0, 0.05) is 43.5 Å². The maximum atomic E-state index is 12.3. The fraction of sp³-hybridized carbons (Fsp3) is 0.391. The zero-order valence-electron chi connectivity index (χ0n) is 19.9. The highest BCUT2D eigenvalue weighted by Crippen LogP contribution is 2.24. The van der Waals surface area contributed by atoms with E-state index in [1.807, 2.05) is 0 Å². The average molecular weight is 562 g/mol. The SMILES string of the molecule is CC(C)(C(N)=O)C(=O)NCCCNc1nc(Nc2cccc(NC(=O)[C@@H]3CCC(=O)O3)c2)ncc1Br. The molecule has 2 heterocycles. The molecule has 3 rings (SSSR count). The summed E-state index contributed by atoms with van der Waals surface area (Å²) in [5.41, 5.74) is 5.16. The fourth-order valence-corrected chi connectivity index (χ4v) is 3.45. The van der Waals surface area contributed by atoms with Crippen molar-refractivity contribution in [2.45, 2.75) is 39.2 Å². The van der Waals surface area contributed by atoms with Gasteiger partial charge in [0.25, 0.3) is 5.91 Å². The number of nitrogens with two attached hydrogens (primary N) is 1. The number of rotatable bonds is 11. The van der Waals surface area contributed by atoms with E-state index in [1.165, 1.54) is 13.8 Å². The van der Waals surface area contributed by atoms with E-state index in [9.17, 15) is 19.2 Å². The van der Waals surface area contributed by atoms with Crippen LogP contribution in [0, 0.1) is 5.41 Å². The lowest BCUT2D eigenvalue weighted by atomic mass is 9.91. The minimum absolute atomic E-state index is 0.235. The van der Waals surface area contributed by atoms with Crippen LogP contribution in [0.15, 0.2) is 34.9 Å². The number of esters is 1. The fourth-order valence-electron chi connectivity index (χ4n) is 3.12. The molecule has 1 aromatic heterocycles. The van der Waals surface area contributed by atoms with Gasteiger partial charge in [-0.25, -0.2) is 4.98 Å². The van der Waals surface area contributed by atoms with Crippen LogP contribution in [0.5, 0.6) is 0 Å². The number of primary amides is 1. The third-order valence-corrected chi connectivity index (χ3v) is 6.00. The molecule has 13 heteroatoms. The van der Waals surface area contributed by atoms with Crippen molar-refractivity contribution in [1.82, 2.24) is 15.3 Å². The molecule has 3 amide bonds. The summed E-state index contributed by atoms with van der Waals surface area (Å²) in [6, 6.07) is 6.98. The van der Waals surface area contributed by atoms with E-state index in [-0.39, 0.29) is 18.3 Å². The largest absolute Gasteiger partial charge is 0.452 e. The molecular formula is C23H28BrN7O5. The monoisotopic (exact) mass is 561 g/mol. The van der Waals surface area contributed by atoms with Crippen molar-refractivity contribution in [3.63, 3.8) is 0 Å². The van der Waals surface area contributed by atoms with Crippen molar-refractivity contribution in [3.05, 3.63) is 34.9 Å². The van der Waals surface area contributed by atoms with Crippen LogP contribution in [0.4, 0.5) is 23.1 Å². The highest BCUT2D eigenvalue weighted by molar-refractivity contribution is 9.10. The van der Waals surface area contributed by atoms with E-state index >= 15 is 0 Å². The molecule has 1 aliphatic heterocycles. The molecule has 1 saturated heterocycles. The lowest BCUT2D eigenvalue weighted by molar-refractivity contribution is -0.146. The topological polar surface area (TPSA) is 177 Å². The van der Waals surface area contributed by atoms with Crippen LogP contribution in [0.25, 0.3) is 0 Å². The Morgan fingerprint density at radius 2 is 1.97 bits per heavy atom. The molecule has 1 aromatic carbocycles. The summed E-state index contributed by atoms with van der Waals surface area (Å²) < 4.78 is 5.64. The van der Waals surface area contributed by atoms with Crippen LogP contribution in [0.1, 0.15) is 33.1 Å². The number of hydrogen-bond donors (Lipinski definition) is 5. The number of carbonyl (C=O) groups is 4. The molecule has 1 fully saturated rings. The number of nitrogens with one attached hydrogen (secondary N) is 4. The van der Waals surface area contributed by atoms with E-state index in [2.05, 4.69) is 47.2 Å². The summed E-state index contributed by atoms with van der Waals surface area (Å²) in [4.78, 5) is 55.6. The molecule has 0 bridgehead atoms. The van der Waals surface area contributed by atoms with Gasteiger partial charge in [0.05, 0.1) is 4.47 Å². The number of benzene rings is 1. The smallest absolute Gasteiger partial charge is 0.306 e. The first kappa shape index (κ1) is 26.9. The maximum Gasteiger partial charge on any atom is 0.306 e. The van der Waals surface area contributed by atoms with E-state index in [0.717, 1.165) is 0 Å². The minimum Gasteiger partial charge on any atom is -0.452 e. The van der Waals surface area contributed by atoms with Crippen molar-refractivity contribution in [3.8, 4) is 0 Å². The second kappa shape index (κ2) is 11.8. The number of anilines is 4. The molecule has 6 N–H and O–H groups in total. The quantitative estimate of drug-likeness (QED) is 0.156. The summed E-state index contributed by atoms with van der Waals surface area (Å²) in [5, 5.41) is 11.7. The van der Waals surface area contributed by atoms with Crippen LogP contribution < -0.4 is 27.0 Å². The minimum atomic E-state index is -1.27. The Morgan fingerprint density at radius 1 is 1.22 bits per heavy atom. The standard InChI is InChI=1S/C23H28BrN7O5/c1-23(2,20(25)34)21(35)27-10-4-9-26-18-15(24)12-28-22(31-18)30-14-6-3-5-13(11-14)29-19(33)16-7-8-17(32)36-16/h3,5-6,11-12,16H,4,7-10H2,1-2H3,(H2,25,34)(H,27,35)(H,29,33)(H2,26,28,30,31)/t16-/m0/s1. The predicted molar refractivity (Wildman–Crippen MR) is 136 cm³/mol. The van der Waals surface area contributed by atoms with Crippen molar-refractivity contribution < 1.29 is 23.9 Å². The predicted octanol–water partition coefficient (Wildman–Crippen LogP) is 2.06. The van der Waals surface area contributed by atoms with Gasteiger partial charge in [-0.1, -0.05) is 6.07 Å². The number of hydrogen-bond acceptors (Lipinski definition) is 9. The highest BCUT2D eigenvalue weighted by Gasteiger charge is 2.33. The van der Waals surface area contributed by atoms with Gasteiger partial charge in [-0.3, -0.25) is 19.2 Å². The Kier molecular flexibility index (Phi) is 8.80. The molecule has 1 atom stereocenters. The zero-order chi connectivity index (χ0) is 26.3. The van der Waals surface area contributed by atoms with Crippen LogP contribution >= 0.6 is 15.9 Å². The first-order valence-electron chi connectivity index (χ1n) is 11.3. The molecule has 0 radical (unpaired) electrons. The van der Waals surface area contributed by atoms with Gasteiger partial charge < -0.3 is 31.7 Å². The number of carbonyl (C=O) groups excluding carboxylic acids is 4. The summed E-state index contributed by atoms with van der Waals surface area (Å²) in [5.74, 6) is -0.991. The highest BCUT2D eigenvalue weighted by atomic mass is 79.9. The van der Waals surface area contributed by atoms with Gasteiger partial charge in [-0.05, 0) is 54.4 Å². The second-order valence-corrected chi connectivity index (χ2v) is 9.48. The lowest BCUT2D eigenvalue weighted by Gasteiger charge is -2.19. The zero-order valence-corrected chi connectivity index (χ0v) is 21.5. The van der Waals surface area contributed by atoms with Crippen LogP contribution in [-0.2, 0) is 23.9 Å². The summed E-state index contributed by atoms with van der Waals surface area (Å²) in [6.07, 6.45) is 2.00. The van der Waals surface area contributed by atoms with E-state index in [0.29, 0.717) is 53.5 Å². The van der Waals surface area contributed by atoms with Gasteiger partial charge in [0.15, 0.2) is 6.10 Å². The molecule has 0 saturated carbocycles. The average Bonchev–Trinajstić information content (AvgIpc) is 3.27. The summed E-state index contributed by atoms with van der Waals surface area (Å²) in [6.45, 7) is 3.81. The normalized spacial score (nSPS) is 15.1. The van der Waals surface area contributed by atoms with E-state index in [4.69, 9.17) is 10.5 Å². The molecule has 0 spiro atoms. The molecule has 36 heavy (non-hydrogen) atoms. The third kappa shape index (κ3) is 7.13. The van der Waals surface area contributed by atoms with Gasteiger partial charge >= 0.3 is 5.97 Å². The Hall–Kier alpha value is -3.74. The lowest BCUT2D eigenvalue weighted by Crippen LogP contribution is -2.46. The molecular weight excluding hydrogens is 534 g/mol. The Balaban J connectivity index is 1.52. The Labute approximate surface area is 216 Å². The maximum absolute atomic E-state index is 12.3. The van der Waals surface area contributed by atoms with Crippen molar-refractivity contribution in [1.29, 1.82) is 0 Å². The Bertz CT molecular complexity index is 1160. The van der Waals surface area contributed by atoms with Gasteiger partial charge in [0.2, 0.25) is 17.8 Å². The van der Waals surface area contributed by atoms with Crippen LogP contribution in [0.2, 0.25) is 0 Å². The van der Waals surface area contributed by atoms with Gasteiger partial charge in [-0.15, -0.1) is 0 Å². The van der Waals surface area contributed by atoms with E-state index in [1.54, 1.807) is 30.5 Å². The van der Waals surface area contributed by atoms with Crippen LogP contribution in [-0.4, -0.2) is 52.9 Å². The third-order valence-electron chi connectivity index (χ3n) is 5.42. The number of amides is 3. The summed E-state index contributed by atoms with van der Waals surface area (Å²) in [7, 11) is 0. The molecule has 0 unspecified atom stereocenters. The first-order chi connectivity index (χ1) is 17.1. The van der Waals surface area contributed by atoms with Crippen molar-refractivity contribution in [2.24, 2.45) is 11.1 Å². The molecule has 2 aromatic rings. The number of cyclic esters (lactones) is 1. The summed E-state index contributed by atoms with van der Waals surface area (Å²) >= 11 is 3.41. The number of aromatic nitrogens is 2. The second-order valence-electron chi connectivity index (χ2n) is 8.63. The van der Waals surface area contributed by atoms with Gasteiger partial charge in [0.1, 0.15) is 11.2 Å². The molecule has 192 valence electrons. The van der Waals surface area contributed by atoms with Gasteiger partial charge in [-0.2, -0.15) is 4.98 Å². The number of halogens is 1. The number of ether oxygens (including phenoxy) is 1.